The zero-order valence-electron chi connectivity index (χ0n) is 23.3. The Morgan fingerprint density at radius 3 is 2.25 bits per heavy atom. The molecular weight excluding hydrogens is 384 g/mol. The fourth-order valence-corrected chi connectivity index (χ4v) is 9.38. The van der Waals surface area contributed by atoms with Gasteiger partial charge in [0.2, 0.25) is 0 Å². The van der Waals surface area contributed by atoms with E-state index in [0.717, 1.165) is 17.8 Å². The lowest BCUT2D eigenvalue weighted by molar-refractivity contribution is -0.0886. The van der Waals surface area contributed by atoms with Gasteiger partial charge in [-0.15, -0.1) is 0 Å². The fourth-order valence-electron chi connectivity index (χ4n) is 9.38. The Hall–Kier alpha value is -0.520. The molecule has 0 spiro atoms. The molecule has 0 heterocycles. The van der Waals surface area contributed by atoms with Crippen molar-refractivity contribution in [2.75, 3.05) is 0 Å². The van der Waals surface area contributed by atoms with Crippen LogP contribution in [0.3, 0.4) is 0 Å². The van der Waals surface area contributed by atoms with Crippen molar-refractivity contribution in [1.82, 2.24) is 0 Å². The lowest BCUT2D eigenvalue weighted by atomic mass is 9.41. The molecule has 0 amide bonds. The summed E-state index contributed by atoms with van der Waals surface area (Å²) >= 11 is 0. The highest BCUT2D eigenvalue weighted by atomic mass is 14.7. The Balaban J connectivity index is 1.61. The van der Waals surface area contributed by atoms with Gasteiger partial charge in [-0.2, -0.15) is 0 Å². The van der Waals surface area contributed by atoms with Crippen LogP contribution < -0.4 is 0 Å². The van der Waals surface area contributed by atoms with E-state index in [2.05, 4.69) is 81.4 Å². The summed E-state index contributed by atoms with van der Waals surface area (Å²) < 4.78 is 0. The monoisotopic (exact) mass is 438 g/mol. The first-order valence-electron chi connectivity index (χ1n) is 14.1. The van der Waals surface area contributed by atoms with Gasteiger partial charge in [-0.1, -0.05) is 94.2 Å². The Kier molecular flexibility index (Phi) is 5.95. The second-order valence-electron chi connectivity index (χ2n) is 15.4. The number of rotatable bonds is 4. The third kappa shape index (κ3) is 3.69. The average Bonchev–Trinajstić information content (AvgIpc) is 3.01. The summed E-state index contributed by atoms with van der Waals surface area (Å²) in [6, 6.07) is 0. The maximum Gasteiger partial charge on any atom is -0.00392 e. The van der Waals surface area contributed by atoms with Gasteiger partial charge in [-0.25, -0.2) is 0 Å². The standard InChI is InChI=1S/C32H54/c1-22-14-19-31(9)26-15-18-30(8)25(24(26)20-23(2)32(31,10)21-22)12-13-27(30)29(6,7)17-11-16-28(3,4)5/h12,20,22-23,26-27H,11,13-19,21H2,1-10H3/t22-,23-,26?,27+,30-,31+,32+/m0/s1. The van der Waals surface area contributed by atoms with Gasteiger partial charge < -0.3 is 0 Å². The minimum absolute atomic E-state index is 0.388. The molecule has 0 heteroatoms. The molecule has 0 radical (unpaired) electrons. The molecule has 0 nitrogen and oxygen atoms in total. The molecule has 0 aromatic carbocycles. The van der Waals surface area contributed by atoms with Crippen LogP contribution >= 0.6 is 0 Å². The van der Waals surface area contributed by atoms with Crippen LogP contribution in [0.1, 0.15) is 127 Å². The van der Waals surface area contributed by atoms with Gasteiger partial charge in [0.15, 0.2) is 0 Å². The second kappa shape index (κ2) is 7.75. The van der Waals surface area contributed by atoms with Crippen LogP contribution in [-0.4, -0.2) is 0 Å². The molecule has 0 aromatic heterocycles. The predicted octanol–water partition coefficient (Wildman–Crippen LogP) is 10.0. The molecular formula is C32H54. The summed E-state index contributed by atoms with van der Waals surface area (Å²) in [6.07, 6.45) is 18.0. The van der Waals surface area contributed by atoms with E-state index in [1.165, 1.54) is 57.8 Å². The molecule has 4 aliphatic rings. The first-order chi connectivity index (χ1) is 14.6. The smallest absolute Gasteiger partial charge is 0.00392 e. The van der Waals surface area contributed by atoms with Gasteiger partial charge in [0, 0.05) is 0 Å². The first-order valence-corrected chi connectivity index (χ1v) is 14.1. The molecule has 0 aromatic rings. The van der Waals surface area contributed by atoms with E-state index in [0.29, 0.717) is 33.0 Å². The molecule has 2 fully saturated rings. The van der Waals surface area contributed by atoms with Crippen molar-refractivity contribution in [1.29, 1.82) is 0 Å². The summed E-state index contributed by atoms with van der Waals surface area (Å²) in [5.41, 5.74) is 5.80. The third-order valence-electron chi connectivity index (χ3n) is 11.7. The van der Waals surface area contributed by atoms with Crippen LogP contribution in [-0.2, 0) is 0 Å². The Bertz CT molecular complexity index is 787. The van der Waals surface area contributed by atoms with E-state index < -0.39 is 0 Å². The molecule has 7 atom stereocenters. The van der Waals surface area contributed by atoms with Crippen LogP contribution in [0.15, 0.2) is 23.3 Å². The lowest BCUT2D eigenvalue weighted by Crippen LogP contribution is -2.55. The van der Waals surface area contributed by atoms with Crippen LogP contribution in [0.2, 0.25) is 0 Å². The van der Waals surface area contributed by atoms with Gasteiger partial charge >= 0.3 is 0 Å². The summed E-state index contributed by atoms with van der Waals surface area (Å²) in [7, 11) is 0. The van der Waals surface area contributed by atoms with Crippen LogP contribution in [0, 0.1) is 50.7 Å². The van der Waals surface area contributed by atoms with Crippen molar-refractivity contribution >= 4 is 0 Å². The van der Waals surface area contributed by atoms with Crippen molar-refractivity contribution in [3.63, 3.8) is 0 Å². The topological polar surface area (TPSA) is 0 Å². The Morgan fingerprint density at radius 1 is 0.906 bits per heavy atom. The molecule has 4 aliphatic carbocycles. The SMILES string of the molecule is C[C@H]1CC[C@]2(C)C3CC[C@@]4(C)C(=CC[C@@H]4C(C)(C)CCCC(C)(C)C)C3=C[C@H](C)[C@@]2(C)C1. The maximum absolute atomic E-state index is 2.78. The molecule has 0 bridgehead atoms. The number of fused-ring (bicyclic) bond motifs is 5. The highest BCUT2D eigenvalue weighted by molar-refractivity contribution is 5.47. The summed E-state index contributed by atoms with van der Waals surface area (Å²) in [6.45, 7) is 25.4. The van der Waals surface area contributed by atoms with Crippen molar-refractivity contribution in [3.05, 3.63) is 23.3 Å². The number of hydrogen-bond donors (Lipinski definition) is 0. The third-order valence-corrected chi connectivity index (χ3v) is 11.7. The second-order valence-corrected chi connectivity index (χ2v) is 15.4. The van der Waals surface area contributed by atoms with Gasteiger partial charge in [0.25, 0.3) is 0 Å². The van der Waals surface area contributed by atoms with Crippen LogP contribution in [0.4, 0.5) is 0 Å². The fraction of sp³-hybridized carbons (Fsp3) is 0.875. The number of hydrogen-bond acceptors (Lipinski definition) is 0. The number of allylic oxidation sites excluding steroid dienone is 4. The molecule has 2 saturated carbocycles. The zero-order valence-corrected chi connectivity index (χ0v) is 23.3. The molecule has 1 unspecified atom stereocenters. The zero-order chi connectivity index (χ0) is 23.7. The van der Waals surface area contributed by atoms with Crippen molar-refractivity contribution in [2.45, 2.75) is 127 Å². The highest BCUT2D eigenvalue weighted by Gasteiger charge is 2.61. The highest BCUT2D eigenvalue weighted by Crippen LogP contribution is 2.70. The summed E-state index contributed by atoms with van der Waals surface area (Å²) in [5.74, 6) is 3.18. The molecule has 182 valence electrons. The van der Waals surface area contributed by atoms with Crippen LogP contribution in [0.5, 0.6) is 0 Å². The minimum atomic E-state index is 0.388. The average molecular weight is 439 g/mol. The van der Waals surface area contributed by atoms with E-state index in [4.69, 9.17) is 0 Å². The minimum Gasteiger partial charge on any atom is -0.0801 e. The van der Waals surface area contributed by atoms with Gasteiger partial charge in [0.1, 0.15) is 0 Å². The lowest BCUT2D eigenvalue weighted by Gasteiger charge is -2.64. The quantitative estimate of drug-likeness (QED) is 0.409. The van der Waals surface area contributed by atoms with Gasteiger partial charge in [0.05, 0.1) is 0 Å². The van der Waals surface area contributed by atoms with E-state index >= 15 is 0 Å². The van der Waals surface area contributed by atoms with Crippen molar-refractivity contribution in [3.8, 4) is 0 Å². The van der Waals surface area contributed by atoms with E-state index in [-0.39, 0.29) is 0 Å². The van der Waals surface area contributed by atoms with Crippen molar-refractivity contribution in [2.24, 2.45) is 50.7 Å². The molecule has 0 saturated heterocycles. The van der Waals surface area contributed by atoms with E-state index in [1.54, 1.807) is 11.1 Å². The molecule has 32 heavy (non-hydrogen) atoms. The molecule has 4 rings (SSSR count). The summed E-state index contributed by atoms with van der Waals surface area (Å²) in [4.78, 5) is 0. The van der Waals surface area contributed by atoms with E-state index in [1.807, 2.05) is 0 Å². The normalized spacial score (nSPS) is 44.3. The largest absolute Gasteiger partial charge is 0.0801 e. The predicted molar refractivity (Wildman–Crippen MR) is 141 cm³/mol. The van der Waals surface area contributed by atoms with E-state index in [9.17, 15) is 0 Å². The Morgan fingerprint density at radius 2 is 1.59 bits per heavy atom. The maximum atomic E-state index is 2.78. The molecule has 0 aliphatic heterocycles. The first kappa shape index (κ1) is 24.6. The van der Waals surface area contributed by atoms with Crippen LogP contribution in [0.25, 0.3) is 0 Å². The van der Waals surface area contributed by atoms with Gasteiger partial charge in [-0.3, -0.25) is 0 Å². The molecule has 0 N–H and O–H groups in total. The summed E-state index contributed by atoms with van der Waals surface area (Å²) in [5, 5.41) is 0. The van der Waals surface area contributed by atoms with Crippen molar-refractivity contribution < 1.29 is 0 Å². The Labute approximate surface area is 201 Å². The van der Waals surface area contributed by atoms with Gasteiger partial charge in [-0.05, 0) is 107 Å².